The molecule has 2 heterocycles. The molecule has 0 aliphatic carbocycles. The zero-order valence-electron chi connectivity index (χ0n) is 16.4. The molecule has 0 unspecified atom stereocenters. The first-order valence-electron chi connectivity index (χ1n) is 10.1. The normalized spacial score (nSPS) is 17.1. The number of anilines is 1. The van der Waals surface area contributed by atoms with Crippen molar-refractivity contribution in [3.05, 3.63) is 65.2 Å². The van der Waals surface area contributed by atoms with E-state index in [-0.39, 0.29) is 11.8 Å². The Bertz CT molecular complexity index is 866. The quantitative estimate of drug-likeness (QED) is 0.825. The molecular formula is C23H27N3O2. The molecular weight excluding hydrogens is 350 g/mol. The lowest BCUT2D eigenvalue weighted by atomic mass is 10.1. The van der Waals surface area contributed by atoms with E-state index in [9.17, 15) is 9.59 Å². The van der Waals surface area contributed by atoms with Crippen molar-refractivity contribution in [2.75, 3.05) is 44.2 Å². The highest BCUT2D eigenvalue weighted by molar-refractivity contribution is 5.99. The fourth-order valence-corrected chi connectivity index (χ4v) is 4.06. The van der Waals surface area contributed by atoms with Gasteiger partial charge in [0, 0.05) is 56.1 Å². The highest BCUT2D eigenvalue weighted by atomic mass is 16.2. The SMILES string of the molecule is Cc1cccc(N2CCN(C(=O)c3cccc(C(=O)N4CCCC4)c3)CC2)c1. The Morgan fingerprint density at radius 1 is 0.714 bits per heavy atom. The van der Waals surface area contributed by atoms with Gasteiger partial charge in [-0.2, -0.15) is 0 Å². The molecule has 2 saturated heterocycles. The molecule has 2 amide bonds. The third kappa shape index (κ3) is 3.88. The second-order valence-corrected chi connectivity index (χ2v) is 7.70. The monoisotopic (exact) mass is 377 g/mol. The third-order valence-electron chi connectivity index (χ3n) is 5.68. The Hall–Kier alpha value is -2.82. The van der Waals surface area contributed by atoms with Crippen LogP contribution in [0.2, 0.25) is 0 Å². The Morgan fingerprint density at radius 2 is 1.29 bits per heavy atom. The van der Waals surface area contributed by atoms with Gasteiger partial charge in [0.1, 0.15) is 0 Å². The minimum absolute atomic E-state index is 0.0139. The number of piperazine rings is 1. The van der Waals surface area contributed by atoms with Crippen LogP contribution in [0.25, 0.3) is 0 Å². The van der Waals surface area contributed by atoms with Crippen LogP contribution in [0.4, 0.5) is 5.69 Å². The smallest absolute Gasteiger partial charge is 0.253 e. The fraction of sp³-hybridized carbons (Fsp3) is 0.391. The number of amides is 2. The summed E-state index contributed by atoms with van der Waals surface area (Å²) < 4.78 is 0. The van der Waals surface area contributed by atoms with E-state index < -0.39 is 0 Å². The average molecular weight is 377 g/mol. The van der Waals surface area contributed by atoms with Gasteiger partial charge in [-0.05, 0) is 55.7 Å². The number of benzene rings is 2. The average Bonchev–Trinajstić information content (AvgIpc) is 3.28. The number of rotatable bonds is 3. The van der Waals surface area contributed by atoms with Gasteiger partial charge < -0.3 is 14.7 Å². The molecule has 5 nitrogen and oxygen atoms in total. The molecule has 0 radical (unpaired) electrons. The van der Waals surface area contributed by atoms with E-state index >= 15 is 0 Å². The van der Waals surface area contributed by atoms with Gasteiger partial charge in [0.05, 0.1) is 0 Å². The van der Waals surface area contributed by atoms with Crippen LogP contribution >= 0.6 is 0 Å². The molecule has 4 rings (SSSR count). The van der Waals surface area contributed by atoms with Crippen molar-refractivity contribution in [3.63, 3.8) is 0 Å². The maximum Gasteiger partial charge on any atom is 0.253 e. The van der Waals surface area contributed by atoms with E-state index in [0.29, 0.717) is 24.2 Å². The second kappa shape index (κ2) is 8.05. The highest BCUT2D eigenvalue weighted by Crippen LogP contribution is 2.20. The Kier molecular flexibility index (Phi) is 5.33. The van der Waals surface area contributed by atoms with Crippen LogP contribution < -0.4 is 4.90 Å². The van der Waals surface area contributed by atoms with Crippen molar-refractivity contribution in [2.45, 2.75) is 19.8 Å². The first-order valence-corrected chi connectivity index (χ1v) is 10.1. The lowest BCUT2D eigenvalue weighted by Gasteiger charge is -2.36. The molecule has 2 fully saturated rings. The summed E-state index contributed by atoms with van der Waals surface area (Å²) in [6.45, 7) is 6.76. The predicted octanol–water partition coefficient (Wildman–Crippen LogP) is 3.19. The minimum Gasteiger partial charge on any atom is -0.368 e. The number of carbonyl (C=O) groups excluding carboxylic acids is 2. The van der Waals surface area contributed by atoms with Crippen LogP contribution in [0.3, 0.4) is 0 Å². The summed E-state index contributed by atoms with van der Waals surface area (Å²) >= 11 is 0. The summed E-state index contributed by atoms with van der Waals surface area (Å²) in [4.78, 5) is 31.7. The molecule has 0 N–H and O–H groups in total. The summed E-state index contributed by atoms with van der Waals surface area (Å²) in [5, 5.41) is 0. The Balaban J connectivity index is 1.41. The number of hydrogen-bond acceptors (Lipinski definition) is 3. The summed E-state index contributed by atoms with van der Waals surface area (Å²) in [6.07, 6.45) is 2.13. The van der Waals surface area contributed by atoms with Gasteiger partial charge in [0.15, 0.2) is 0 Å². The van der Waals surface area contributed by atoms with Crippen molar-refractivity contribution in [3.8, 4) is 0 Å². The maximum absolute atomic E-state index is 13.0. The number of aryl methyl sites for hydroxylation is 1. The number of carbonyl (C=O) groups is 2. The van der Waals surface area contributed by atoms with E-state index in [2.05, 4.69) is 36.1 Å². The van der Waals surface area contributed by atoms with E-state index in [4.69, 9.17) is 0 Å². The van der Waals surface area contributed by atoms with Gasteiger partial charge in [0.2, 0.25) is 0 Å². The zero-order valence-corrected chi connectivity index (χ0v) is 16.4. The van der Waals surface area contributed by atoms with Gasteiger partial charge in [-0.15, -0.1) is 0 Å². The van der Waals surface area contributed by atoms with Gasteiger partial charge in [-0.3, -0.25) is 9.59 Å². The lowest BCUT2D eigenvalue weighted by Crippen LogP contribution is -2.48. The molecule has 2 aromatic rings. The van der Waals surface area contributed by atoms with Crippen LogP contribution in [-0.2, 0) is 0 Å². The highest BCUT2D eigenvalue weighted by Gasteiger charge is 2.24. The van der Waals surface area contributed by atoms with E-state index in [1.165, 1.54) is 11.3 Å². The van der Waals surface area contributed by atoms with Gasteiger partial charge in [-0.1, -0.05) is 18.2 Å². The van der Waals surface area contributed by atoms with Crippen LogP contribution in [0.1, 0.15) is 39.1 Å². The molecule has 0 aromatic heterocycles. The van der Waals surface area contributed by atoms with E-state index in [1.807, 2.05) is 28.0 Å². The number of hydrogen-bond donors (Lipinski definition) is 0. The minimum atomic E-state index is 0.0139. The van der Waals surface area contributed by atoms with Crippen molar-refractivity contribution in [2.24, 2.45) is 0 Å². The molecule has 5 heteroatoms. The lowest BCUT2D eigenvalue weighted by molar-refractivity contribution is 0.0746. The molecule has 28 heavy (non-hydrogen) atoms. The molecule has 146 valence electrons. The van der Waals surface area contributed by atoms with Gasteiger partial charge in [0.25, 0.3) is 11.8 Å². The summed E-state index contributed by atoms with van der Waals surface area (Å²) in [6, 6.07) is 15.7. The molecule has 2 aromatic carbocycles. The van der Waals surface area contributed by atoms with Crippen LogP contribution in [0.15, 0.2) is 48.5 Å². The molecule has 2 aliphatic rings. The van der Waals surface area contributed by atoms with Gasteiger partial charge >= 0.3 is 0 Å². The van der Waals surface area contributed by atoms with E-state index in [1.54, 1.807) is 6.07 Å². The van der Waals surface area contributed by atoms with Crippen molar-refractivity contribution in [1.82, 2.24) is 9.80 Å². The number of likely N-dealkylation sites (tertiary alicyclic amines) is 1. The van der Waals surface area contributed by atoms with Crippen LogP contribution in [0.5, 0.6) is 0 Å². The largest absolute Gasteiger partial charge is 0.368 e. The summed E-state index contributed by atoms with van der Waals surface area (Å²) in [7, 11) is 0. The van der Waals surface area contributed by atoms with Gasteiger partial charge in [-0.25, -0.2) is 0 Å². The third-order valence-corrected chi connectivity index (χ3v) is 5.68. The second-order valence-electron chi connectivity index (χ2n) is 7.70. The van der Waals surface area contributed by atoms with Crippen molar-refractivity contribution in [1.29, 1.82) is 0 Å². The Labute approximate surface area is 166 Å². The maximum atomic E-state index is 13.0. The summed E-state index contributed by atoms with van der Waals surface area (Å²) in [5.74, 6) is 0.0522. The topological polar surface area (TPSA) is 43.9 Å². The van der Waals surface area contributed by atoms with Crippen molar-refractivity contribution >= 4 is 17.5 Å². The van der Waals surface area contributed by atoms with E-state index in [0.717, 1.165) is 39.0 Å². The number of nitrogens with zero attached hydrogens (tertiary/aromatic N) is 3. The first-order chi connectivity index (χ1) is 13.6. The fourth-order valence-electron chi connectivity index (χ4n) is 4.06. The molecule has 0 atom stereocenters. The Morgan fingerprint density at radius 3 is 1.89 bits per heavy atom. The zero-order chi connectivity index (χ0) is 19.5. The molecule has 0 saturated carbocycles. The summed E-state index contributed by atoms with van der Waals surface area (Å²) in [5.41, 5.74) is 3.68. The molecule has 0 spiro atoms. The standard InChI is InChI=1S/C23H27N3O2/c1-18-6-4-9-21(16-18)24-12-14-26(15-13-24)23(28)20-8-5-7-19(17-20)22(27)25-10-2-3-11-25/h4-9,16-17H,2-3,10-15H2,1H3. The molecule has 2 aliphatic heterocycles. The van der Waals surface area contributed by atoms with Crippen molar-refractivity contribution < 1.29 is 9.59 Å². The first kappa shape index (κ1) is 18.5. The molecule has 0 bridgehead atoms. The predicted molar refractivity (Wildman–Crippen MR) is 111 cm³/mol. The van der Waals surface area contributed by atoms with Crippen LogP contribution in [0, 0.1) is 6.92 Å². The van der Waals surface area contributed by atoms with Crippen LogP contribution in [-0.4, -0.2) is 60.9 Å².